The molecule has 1 saturated heterocycles. The van der Waals surface area contributed by atoms with E-state index in [0.717, 1.165) is 32.1 Å². The minimum Gasteiger partial charge on any atom is -0.407 e. The van der Waals surface area contributed by atoms with Crippen molar-refractivity contribution in [3.05, 3.63) is 24.3 Å². The van der Waals surface area contributed by atoms with E-state index in [0.29, 0.717) is 16.6 Å². The fraction of sp³-hybridized carbons (Fsp3) is 0.821. The monoisotopic (exact) mass is 510 g/mol. The Morgan fingerprint density at radius 3 is 2.14 bits per heavy atom. The standard InChI is InChI=1S/C28H50O6Si/c1-20(2)35(21(3)4,22(5)6)33-23-17-18-24(29)28(26(23)32-27(7,8)34-28)19-15-13-11-12-14-16-25(30-9)31-10/h15,17-23,25-26H,11-14,16H2,1-10H3/b19-15-/t23-,26+,28-/m0/s1. The van der Waals surface area contributed by atoms with Gasteiger partial charge in [-0.1, -0.05) is 60.1 Å². The highest BCUT2D eigenvalue weighted by Gasteiger charge is 2.61. The van der Waals surface area contributed by atoms with Gasteiger partial charge in [-0.25, -0.2) is 0 Å². The van der Waals surface area contributed by atoms with Crippen LogP contribution in [0.5, 0.6) is 0 Å². The predicted octanol–water partition coefficient (Wildman–Crippen LogP) is 6.70. The molecule has 1 heterocycles. The lowest BCUT2D eigenvalue weighted by molar-refractivity contribution is -0.163. The van der Waals surface area contributed by atoms with Crippen LogP contribution < -0.4 is 0 Å². The molecule has 2 rings (SSSR count). The second kappa shape index (κ2) is 12.6. The van der Waals surface area contributed by atoms with Crippen LogP contribution in [0.2, 0.25) is 16.6 Å². The quantitative estimate of drug-likeness (QED) is 0.112. The van der Waals surface area contributed by atoms with Gasteiger partial charge < -0.3 is 23.4 Å². The van der Waals surface area contributed by atoms with E-state index in [1.807, 2.05) is 26.0 Å². The summed E-state index contributed by atoms with van der Waals surface area (Å²) in [6.45, 7) is 17.4. The fourth-order valence-electron chi connectivity index (χ4n) is 6.09. The van der Waals surface area contributed by atoms with Crippen LogP contribution in [0.15, 0.2) is 24.3 Å². The van der Waals surface area contributed by atoms with Crippen molar-refractivity contribution in [1.82, 2.24) is 0 Å². The maximum Gasteiger partial charge on any atom is 0.201 e. The average molecular weight is 511 g/mol. The molecule has 0 aromatic rings. The molecule has 0 amide bonds. The summed E-state index contributed by atoms with van der Waals surface area (Å²) in [5.41, 5.74) is 0.157. The van der Waals surface area contributed by atoms with Crippen LogP contribution in [0, 0.1) is 0 Å². The van der Waals surface area contributed by atoms with E-state index in [9.17, 15) is 4.79 Å². The molecule has 6 nitrogen and oxygen atoms in total. The summed E-state index contributed by atoms with van der Waals surface area (Å²) in [5.74, 6) is -0.941. The molecule has 3 atom stereocenters. The summed E-state index contributed by atoms with van der Waals surface area (Å²) >= 11 is 0. The number of rotatable bonds is 14. The molecule has 0 radical (unpaired) electrons. The smallest absolute Gasteiger partial charge is 0.201 e. The van der Waals surface area contributed by atoms with Gasteiger partial charge in [0.25, 0.3) is 0 Å². The van der Waals surface area contributed by atoms with Crippen LogP contribution in [-0.4, -0.2) is 58.2 Å². The van der Waals surface area contributed by atoms with Gasteiger partial charge in [-0.15, -0.1) is 0 Å². The minimum atomic E-state index is -2.19. The van der Waals surface area contributed by atoms with E-state index in [-0.39, 0.29) is 18.2 Å². The Hall–Kier alpha value is -0.833. The Labute approximate surface area is 214 Å². The summed E-state index contributed by atoms with van der Waals surface area (Å²) < 4.78 is 30.3. The molecule has 1 fully saturated rings. The largest absolute Gasteiger partial charge is 0.407 e. The Morgan fingerprint density at radius 2 is 1.60 bits per heavy atom. The van der Waals surface area contributed by atoms with Gasteiger partial charge in [0, 0.05) is 14.2 Å². The van der Waals surface area contributed by atoms with Gasteiger partial charge >= 0.3 is 0 Å². The van der Waals surface area contributed by atoms with Crippen molar-refractivity contribution < 1.29 is 28.2 Å². The molecule has 0 N–H and O–H groups in total. The first-order valence-corrected chi connectivity index (χ1v) is 15.5. The highest BCUT2D eigenvalue weighted by molar-refractivity contribution is 6.77. The molecule has 0 saturated carbocycles. The zero-order valence-electron chi connectivity index (χ0n) is 23.8. The molecule has 202 valence electrons. The number of unbranched alkanes of at least 4 members (excludes halogenated alkanes) is 3. The third-order valence-corrected chi connectivity index (χ3v) is 13.7. The van der Waals surface area contributed by atoms with Gasteiger partial charge in [0.05, 0.1) is 6.10 Å². The molecular formula is C28H50O6Si. The van der Waals surface area contributed by atoms with Crippen molar-refractivity contribution in [3.63, 3.8) is 0 Å². The van der Waals surface area contributed by atoms with E-state index in [2.05, 4.69) is 47.6 Å². The van der Waals surface area contributed by atoms with E-state index in [1.54, 1.807) is 20.3 Å². The fourth-order valence-corrected chi connectivity index (χ4v) is 11.6. The number of ether oxygens (including phenoxy) is 4. The predicted molar refractivity (Wildman–Crippen MR) is 143 cm³/mol. The van der Waals surface area contributed by atoms with Crippen LogP contribution in [0.3, 0.4) is 0 Å². The van der Waals surface area contributed by atoms with E-state index < -0.39 is 25.8 Å². The van der Waals surface area contributed by atoms with Gasteiger partial charge in [-0.05, 0) is 68.3 Å². The number of carbonyl (C=O) groups is 1. The minimum absolute atomic E-state index is 0.0712. The lowest BCUT2D eigenvalue weighted by atomic mass is 9.83. The van der Waals surface area contributed by atoms with Crippen molar-refractivity contribution >= 4 is 14.1 Å². The first-order chi connectivity index (χ1) is 16.4. The van der Waals surface area contributed by atoms with Crippen molar-refractivity contribution in [2.75, 3.05) is 14.2 Å². The summed E-state index contributed by atoms with van der Waals surface area (Å²) in [5, 5.41) is 0. The van der Waals surface area contributed by atoms with Crippen LogP contribution in [0.1, 0.15) is 87.5 Å². The van der Waals surface area contributed by atoms with Gasteiger partial charge in [-0.3, -0.25) is 4.79 Å². The van der Waals surface area contributed by atoms with Crippen molar-refractivity contribution in [3.8, 4) is 0 Å². The summed E-state index contributed by atoms with van der Waals surface area (Å²) in [7, 11) is 1.15. The summed E-state index contributed by atoms with van der Waals surface area (Å²) in [4.78, 5) is 13.3. The Kier molecular flexibility index (Phi) is 10.9. The molecule has 2 aliphatic rings. The molecular weight excluding hydrogens is 460 g/mol. The van der Waals surface area contributed by atoms with Crippen LogP contribution in [0.25, 0.3) is 0 Å². The number of carbonyl (C=O) groups excluding carboxylic acids is 1. The maximum atomic E-state index is 13.3. The molecule has 1 aliphatic carbocycles. The van der Waals surface area contributed by atoms with E-state index in [1.165, 1.54) is 0 Å². The summed E-state index contributed by atoms with van der Waals surface area (Å²) in [6.07, 6.45) is 11.5. The second-order valence-electron chi connectivity index (χ2n) is 11.4. The number of hydrogen-bond acceptors (Lipinski definition) is 6. The zero-order chi connectivity index (χ0) is 26.4. The Bertz CT molecular complexity index is 718. The van der Waals surface area contributed by atoms with Crippen molar-refractivity contribution in [1.29, 1.82) is 0 Å². The Morgan fingerprint density at radius 1 is 1.00 bits per heavy atom. The van der Waals surface area contributed by atoms with Gasteiger partial charge in [-0.2, -0.15) is 0 Å². The normalized spacial score (nSPS) is 26.7. The molecule has 7 heteroatoms. The molecule has 0 bridgehead atoms. The van der Waals surface area contributed by atoms with Crippen molar-refractivity contribution in [2.24, 2.45) is 0 Å². The summed E-state index contributed by atoms with van der Waals surface area (Å²) in [6, 6.07) is 0. The number of hydrogen-bond donors (Lipinski definition) is 0. The molecule has 0 aromatic heterocycles. The van der Waals surface area contributed by atoms with E-state index >= 15 is 0 Å². The highest BCUT2D eigenvalue weighted by Crippen LogP contribution is 2.48. The van der Waals surface area contributed by atoms with Crippen LogP contribution in [0.4, 0.5) is 0 Å². The first kappa shape index (κ1) is 30.4. The van der Waals surface area contributed by atoms with Crippen LogP contribution >= 0.6 is 0 Å². The van der Waals surface area contributed by atoms with Gasteiger partial charge in [0.1, 0.15) is 6.10 Å². The SMILES string of the molecule is COC(CCCCC/C=C\[C@@]12OC(C)(C)O[C@@H]1[C@@H](O[Si](C(C)C)(C(C)C)C(C)C)C=CC2=O)OC. The molecule has 1 aliphatic heterocycles. The maximum absolute atomic E-state index is 13.3. The first-order valence-electron chi connectivity index (χ1n) is 13.4. The van der Waals surface area contributed by atoms with Crippen LogP contribution in [-0.2, 0) is 28.2 Å². The van der Waals surface area contributed by atoms with Crippen molar-refractivity contribution in [2.45, 2.75) is 134 Å². The lowest BCUT2D eigenvalue weighted by Gasteiger charge is -2.46. The third kappa shape index (κ3) is 6.73. The van der Waals surface area contributed by atoms with E-state index in [4.69, 9.17) is 23.4 Å². The molecule has 0 unspecified atom stereocenters. The lowest BCUT2D eigenvalue weighted by Crippen LogP contribution is -2.58. The zero-order valence-corrected chi connectivity index (χ0v) is 24.8. The number of ketones is 1. The topological polar surface area (TPSA) is 63.2 Å². The van der Waals surface area contributed by atoms with Gasteiger partial charge in [0.15, 0.2) is 23.5 Å². The molecule has 0 aromatic carbocycles. The Balaban J connectivity index is 2.20. The third-order valence-electron chi connectivity index (χ3n) is 7.62. The average Bonchev–Trinajstić information content (AvgIpc) is 3.07. The highest BCUT2D eigenvalue weighted by atomic mass is 28.4. The molecule has 0 spiro atoms. The second-order valence-corrected chi connectivity index (χ2v) is 16.8. The number of methoxy groups -OCH3 is 2. The number of fused-ring (bicyclic) bond motifs is 1. The van der Waals surface area contributed by atoms with Gasteiger partial charge in [0.2, 0.25) is 8.32 Å². The number of allylic oxidation sites excluding steroid dienone is 1. The molecule has 35 heavy (non-hydrogen) atoms.